The molecule has 30 heavy (non-hydrogen) atoms. The molecule has 3 atom stereocenters. The first-order valence-corrected chi connectivity index (χ1v) is 10.0. The number of Topliss-reactive ketones (excluding diaryl/α,β-unsaturated/α-hetero) is 1. The van der Waals surface area contributed by atoms with Gasteiger partial charge >= 0.3 is 5.69 Å². The second-order valence-corrected chi connectivity index (χ2v) is 7.75. The van der Waals surface area contributed by atoms with Gasteiger partial charge in [-0.1, -0.05) is 0 Å². The van der Waals surface area contributed by atoms with Gasteiger partial charge in [-0.25, -0.2) is 9.18 Å². The van der Waals surface area contributed by atoms with Crippen LogP contribution in [0.4, 0.5) is 10.1 Å². The van der Waals surface area contributed by atoms with E-state index >= 15 is 0 Å². The van der Waals surface area contributed by atoms with Crippen molar-refractivity contribution in [3.8, 4) is 5.75 Å². The number of anilines is 1. The standard InChI is InChI=1S/C20H26FN5O4/c1-22-12-7-9-25(10-11(12)21)18-15(30-3)5-4-13-16(18)24(2)20(29)26(13)17-14(27)6-8-23-19(17)28/h4-5,11-12,17,22H,6-10H2,1-3H3,(H,23,28). The minimum atomic E-state index is -1.21. The second kappa shape index (κ2) is 7.75. The van der Waals surface area contributed by atoms with Crippen molar-refractivity contribution >= 4 is 28.4 Å². The van der Waals surface area contributed by atoms with Crippen LogP contribution in [0.25, 0.3) is 11.0 Å². The number of carbonyl (C=O) groups is 2. The van der Waals surface area contributed by atoms with Crippen LogP contribution in [0.15, 0.2) is 16.9 Å². The number of ketones is 1. The normalized spacial score (nSPS) is 24.9. The molecule has 2 aliphatic rings. The quantitative estimate of drug-likeness (QED) is 0.683. The molecule has 10 heteroatoms. The summed E-state index contributed by atoms with van der Waals surface area (Å²) in [6.45, 7) is 0.984. The van der Waals surface area contributed by atoms with Crippen LogP contribution < -0.4 is 26.0 Å². The number of benzene rings is 1. The number of aryl methyl sites for hydroxylation is 1. The van der Waals surface area contributed by atoms with Gasteiger partial charge in [0.05, 0.1) is 24.7 Å². The van der Waals surface area contributed by atoms with Crippen molar-refractivity contribution in [2.45, 2.75) is 31.1 Å². The van der Waals surface area contributed by atoms with Crippen molar-refractivity contribution in [1.82, 2.24) is 19.8 Å². The number of nitrogens with zero attached hydrogens (tertiary/aromatic N) is 3. The molecule has 3 unspecified atom stereocenters. The molecule has 3 heterocycles. The van der Waals surface area contributed by atoms with Gasteiger partial charge in [0.25, 0.3) is 5.91 Å². The average Bonchev–Trinajstić information content (AvgIpc) is 2.98. The molecule has 162 valence electrons. The van der Waals surface area contributed by atoms with E-state index in [0.29, 0.717) is 35.4 Å². The number of imidazole rings is 1. The minimum absolute atomic E-state index is 0.142. The Morgan fingerprint density at radius 1 is 1.27 bits per heavy atom. The van der Waals surface area contributed by atoms with Gasteiger partial charge in [-0.15, -0.1) is 0 Å². The van der Waals surface area contributed by atoms with Gasteiger partial charge in [-0.05, 0) is 25.6 Å². The molecule has 1 aromatic heterocycles. The van der Waals surface area contributed by atoms with E-state index < -0.39 is 23.8 Å². The summed E-state index contributed by atoms with van der Waals surface area (Å²) < 4.78 is 22.9. The fraction of sp³-hybridized carbons (Fsp3) is 0.550. The van der Waals surface area contributed by atoms with Crippen molar-refractivity contribution in [1.29, 1.82) is 0 Å². The Kier molecular flexibility index (Phi) is 5.27. The number of carbonyl (C=O) groups excluding carboxylic acids is 2. The summed E-state index contributed by atoms with van der Waals surface area (Å²) in [5.41, 5.74) is 1.08. The molecule has 2 saturated heterocycles. The van der Waals surface area contributed by atoms with Crippen molar-refractivity contribution in [2.24, 2.45) is 7.05 Å². The number of fused-ring (bicyclic) bond motifs is 1. The van der Waals surface area contributed by atoms with E-state index in [9.17, 15) is 18.8 Å². The number of alkyl halides is 1. The van der Waals surface area contributed by atoms with Crippen LogP contribution in [-0.2, 0) is 16.6 Å². The smallest absolute Gasteiger partial charge is 0.330 e. The zero-order valence-corrected chi connectivity index (χ0v) is 17.3. The molecule has 9 nitrogen and oxygen atoms in total. The molecule has 2 fully saturated rings. The van der Waals surface area contributed by atoms with Gasteiger partial charge in [0.2, 0.25) is 0 Å². The number of methoxy groups -OCH3 is 1. The average molecular weight is 419 g/mol. The topological polar surface area (TPSA) is 97.6 Å². The Morgan fingerprint density at radius 2 is 2.03 bits per heavy atom. The van der Waals surface area contributed by atoms with Crippen LogP contribution in [0.5, 0.6) is 5.75 Å². The predicted molar refractivity (Wildman–Crippen MR) is 110 cm³/mol. The van der Waals surface area contributed by atoms with Gasteiger partial charge in [-0.3, -0.25) is 18.7 Å². The zero-order chi connectivity index (χ0) is 21.6. The third-order valence-corrected chi connectivity index (χ3v) is 6.11. The highest BCUT2D eigenvalue weighted by molar-refractivity contribution is 6.07. The highest BCUT2D eigenvalue weighted by Gasteiger charge is 2.37. The van der Waals surface area contributed by atoms with E-state index in [-0.39, 0.29) is 31.3 Å². The van der Waals surface area contributed by atoms with Crippen molar-refractivity contribution in [2.75, 3.05) is 38.7 Å². The fourth-order valence-electron chi connectivity index (χ4n) is 4.54. The molecule has 1 aromatic carbocycles. The summed E-state index contributed by atoms with van der Waals surface area (Å²) in [5, 5.41) is 5.65. The molecule has 0 aliphatic carbocycles. The van der Waals surface area contributed by atoms with Crippen LogP contribution in [0.3, 0.4) is 0 Å². The van der Waals surface area contributed by atoms with Crippen molar-refractivity contribution in [3.05, 3.63) is 22.6 Å². The lowest BCUT2D eigenvalue weighted by atomic mass is 10.0. The summed E-state index contributed by atoms with van der Waals surface area (Å²) in [6, 6.07) is 1.92. The van der Waals surface area contributed by atoms with Gasteiger partial charge in [-0.2, -0.15) is 0 Å². The maximum Gasteiger partial charge on any atom is 0.330 e. The first kappa shape index (κ1) is 20.4. The van der Waals surface area contributed by atoms with Crippen LogP contribution >= 0.6 is 0 Å². The highest BCUT2D eigenvalue weighted by atomic mass is 19.1. The maximum absolute atomic E-state index is 14.7. The summed E-state index contributed by atoms with van der Waals surface area (Å²) in [7, 11) is 4.85. The molecule has 4 rings (SSSR count). The van der Waals surface area contributed by atoms with Gasteiger partial charge in [0.1, 0.15) is 17.6 Å². The number of rotatable bonds is 4. The van der Waals surface area contributed by atoms with E-state index in [1.165, 1.54) is 16.2 Å². The molecule has 2 N–H and O–H groups in total. The SMILES string of the molecule is CNC1CCN(c2c(OC)ccc3c2n(C)c(=O)n3C2C(=O)CCNC2=O)CC1F. The largest absolute Gasteiger partial charge is 0.494 e. The molecular weight excluding hydrogens is 393 g/mol. The molecule has 0 spiro atoms. The Hall–Kier alpha value is -2.88. The second-order valence-electron chi connectivity index (χ2n) is 7.75. The molecule has 0 radical (unpaired) electrons. The van der Waals surface area contributed by atoms with Crippen LogP contribution in [0.1, 0.15) is 18.9 Å². The summed E-state index contributed by atoms with van der Waals surface area (Å²) in [4.78, 5) is 39.9. The Bertz CT molecular complexity index is 1050. The first-order valence-electron chi connectivity index (χ1n) is 10.0. The molecule has 2 aromatic rings. The summed E-state index contributed by atoms with van der Waals surface area (Å²) in [5.74, 6) is -0.286. The predicted octanol–water partition coefficient (Wildman–Crippen LogP) is 0.115. The van der Waals surface area contributed by atoms with Crippen LogP contribution in [0.2, 0.25) is 0 Å². The number of amides is 1. The lowest BCUT2D eigenvalue weighted by Gasteiger charge is -2.36. The number of piperidine rings is 2. The van der Waals surface area contributed by atoms with Crippen molar-refractivity contribution in [3.63, 3.8) is 0 Å². The number of nitrogens with one attached hydrogen (secondary N) is 2. The lowest BCUT2D eigenvalue weighted by molar-refractivity contribution is -0.135. The summed E-state index contributed by atoms with van der Waals surface area (Å²) >= 11 is 0. The number of aromatic nitrogens is 2. The number of hydrogen-bond donors (Lipinski definition) is 2. The van der Waals surface area contributed by atoms with Gasteiger partial charge in [0.15, 0.2) is 11.8 Å². The van der Waals surface area contributed by atoms with E-state index in [1.54, 1.807) is 26.2 Å². The van der Waals surface area contributed by atoms with Gasteiger partial charge in [0, 0.05) is 32.6 Å². The van der Waals surface area contributed by atoms with Crippen LogP contribution in [-0.4, -0.2) is 66.8 Å². The Labute approximate surface area is 172 Å². The zero-order valence-electron chi connectivity index (χ0n) is 17.3. The van der Waals surface area contributed by atoms with E-state index in [0.717, 1.165) is 0 Å². The minimum Gasteiger partial charge on any atom is -0.494 e. The molecule has 0 bridgehead atoms. The fourth-order valence-corrected chi connectivity index (χ4v) is 4.54. The number of halogens is 1. The molecule has 0 saturated carbocycles. The van der Waals surface area contributed by atoms with E-state index in [2.05, 4.69) is 10.6 Å². The number of hydrogen-bond acceptors (Lipinski definition) is 6. The Morgan fingerprint density at radius 3 is 2.67 bits per heavy atom. The molecular formula is C20H26FN5O4. The third-order valence-electron chi connectivity index (χ3n) is 6.11. The number of ether oxygens (including phenoxy) is 1. The first-order chi connectivity index (χ1) is 14.4. The van der Waals surface area contributed by atoms with Crippen molar-refractivity contribution < 1.29 is 18.7 Å². The van der Waals surface area contributed by atoms with Gasteiger partial charge < -0.3 is 20.3 Å². The monoisotopic (exact) mass is 419 g/mol. The Balaban J connectivity index is 1.90. The van der Waals surface area contributed by atoms with E-state index in [1.807, 2.05) is 4.90 Å². The highest BCUT2D eigenvalue weighted by Crippen LogP contribution is 2.38. The molecule has 2 aliphatic heterocycles. The third kappa shape index (κ3) is 3.06. The van der Waals surface area contributed by atoms with Crippen LogP contribution in [0, 0.1) is 0 Å². The maximum atomic E-state index is 14.7. The lowest BCUT2D eigenvalue weighted by Crippen LogP contribution is -2.50. The van der Waals surface area contributed by atoms with E-state index in [4.69, 9.17) is 4.74 Å². The molecule has 1 amide bonds. The summed E-state index contributed by atoms with van der Waals surface area (Å²) in [6.07, 6.45) is -0.327.